The Morgan fingerprint density at radius 2 is 2.15 bits per heavy atom. The van der Waals surface area contributed by atoms with Gasteiger partial charge in [0.25, 0.3) is 5.91 Å². The molecule has 3 heterocycles. The van der Waals surface area contributed by atoms with E-state index in [-0.39, 0.29) is 11.9 Å². The number of ether oxygens (including phenoxy) is 1. The van der Waals surface area contributed by atoms with Gasteiger partial charge in [0.15, 0.2) is 0 Å². The SMILES string of the molecule is Cc1nn(C)c(C)c1-c1cc(C(=O)NC2CCOc3ccccc32)[nH]n1. The van der Waals surface area contributed by atoms with Crippen LogP contribution in [0.4, 0.5) is 0 Å². The van der Waals surface area contributed by atoms with Gasteiger partial charge >= 0.3 is 0 Å². The average molecular weight is 351 g/mol. The van der Waals surface area contributed by atoms with Crippen molar-refractivity contribution < 1.29 is 9.53 Å². The number of aromatic nitrogens is 4. The molecule has 134 valence electrons. The molecule has 1 aromatic carbocycles. The molecule has 1 aliphatic heterocycles. The molecule has 1 atom stereocenters. The first-order valence-corrected chi connectivity index (χ1v) is 8.63. The van der Waals surface area contributed by atoms with Crippen LogP contribution in [0.1, 0.15) is 39.9 Å². The third-order valence-corrected chi connectivity index (χ3v) is 4.85. The maximum Gasteiger partial charge on any atom is 0.269 e. The van der Waals surface area contributed by atoms with E-state index in [0.29, 0.717) is 12.3 Å². The van der Waals surface area contributed by atoms with Crippen molar-refractivity contribution in [2.75, 3.05) is 6.61 Å². The number of aryl methyl sites for hydroxylation is 2. The second kappa shape index (κ2) is 6.33. The van der Waals surface area contributed by atoms with Gasteiger partial charge in [0.1, 0.15) is 11.4 Å². The summed E-state index contributed by atoms with van der Waals surface area (Å²) < 4.78 is 7.47. The van der Waals surface area contributed by atoms with Crippen LogP contribution in [0, 0.1) is 13.8 Å². The molecular formula is C19H21N5O2. The monoisotopic (exact) mass is 351 g/mol. The fourth-order valence-corrected chi connectivity index (χ4v) is 3.44. The summed E-state index contributed by atoms with van der Waals surface area (Å²) in [6, 6.07) is 9.51. The summed E-state index contributed by atoms with van der Waals surface area (Å²) in [5.74, 6) is 0.653. The minimum atomic E-state index is -0.176. The Labute approximate surface area is 151 Å². The molecule has 0 saturated carbocycles. The van der Waals surface area contributed by atoms with E-state index in [9.17, 15) is 4.79 Å². The molecule has 0 saturated heterocycles. The van der Waals surface area contributed by atoms with Crippen molar-refractivity contribution in [2.24, 2.45) is 7.05 Å². The van der Waals surface area contributed by atoms with Gasteiger partial charge in [-0.05, 0) is 26.0 Å². The molecule has 3 aromatic rings. The smallest absolute Gasteiger partial charge is 0.269 e. The van der Waals surface area contributed by atoms with Crippen LogP contribution in [0.15, 0.2) is 30.3 Å². The van der Waals surface area contributed by atoms with Crippen LogP contribution in [-0.2, 0) is 7.05 Å². The van der Waals surface area contributed by atoms with Crippen LogP contribution in [0.25, 0.3) is 11.3 Å². The van der Waals surface area contributed by atoms with Gasteiger partial charge < -0.3 is 10.1 Å². The molecule has 2 N–H and O–H groups in total. The highest BCUT2D eigenvalue weighted by Crippen LogP contribution is 2.32. The van der Waals surface area contributed by atoms with E-state index in [0.717, 1.165) is 40.4 Å². The molecule has 1 unspecified atom stereocenters. The largest absolute Gasteiger partial charge is 0.493 e. The first kappa shape index (κ1) is 16.4. The van der Waals surface area contributed by atoms with E-state index in [1.165, 1.54) is 0 Å². The van der Waals surface area contributed by atoms with E-state index in [4.69, 9.17) is 4.74 Å². The highest BCUT2D eigenvalue weighted by molar-refractivity contribution is 5.93. The number of hydrogen-bond donors (Lipinski definition) is 2. The third-order valence-electron chi connectivity index (χ3n) is 4.85. The normalized spacial score (nSPS) is 16.0. The first-order chi connectivity index (χ1) is 12.5. The fourth-order valence-electron chi connectivity index (χ4n) is 3.44. The van der Waals surface area contributed by atoms with E-state index in [2.05, 4.69) is 20.6 Å². The van der Waals surface area contributed by atoms with E-state index in [1.807, 2.05) is 49.8 Å². The van der Waals surface area contributed by atoms with Crippen molar-refractivity contribution in [3.05, 3.63) is 53.0 Å². The Kier molecular flexibility index (Phi) is 3.99. The number of H-pyrrole nitrogens is 1. The van der Waals surface area contributed by atoms with Crippen LogP contribution in [0.5, 0.6) is 5.75 Å². The lowest BCUT2D eigenvalue weighted by atomic mass is 10.0. The Morgan fingerprint density at radius 3 is 2.92 bits per heavy atom. The van der Waals surface area contributed by atoms with Crippen molar-refractivity contribution in [1.29, 1.82) is 0 Å². The zero-order chi connectivity index (χ0) is 18.3. The minimum Gasteiger partial charge on any atom is -0.493 e. The summed E-state index contributed by atoms with van der Waals surface area (Å²) >= 11 is 0. The van der Waals surface area contributed by atoms with Crippen molar-refractivity contribution >= 4 is 5.91 Å². The Bertz CT molecular complexity index is 972. The molecule has 1 amide bonds. The summed E-state index contributed by atoms with van der Waals surface area (Å²) in [5.41, 5.74) is 5.03. The number of rotatable bonds is 3. The number of nitrogens with one attached hydrogen (secondary N) is 2. The zero-order valence-electron chi connectivity index (χ0n) is 15.0. The zero-order valence-corrected chi connectivity index (χ0v) is 15.0. The molecule has 26 heavy (non-hydrogen) atoms. The Balaban J connectivity index is 1.56. The quantitative estimate of drug-likeness (QED) is 0.760. The van der Waals surface area contributed by atoms with Gasteiger partial charge in [0.05, 0.1) is 24.0 Å². The molecule has 0 spiro atoms. The molecule has 2 aromatic heterocycles. The number of carbonyl (C=O) groups excluding carboxylic acids is 1. The van der Waals surface area contributed by atoms with Crippen LogP contribution in [0.2, 0.25) is 0 Å². The Hall–Kier alpha value is -3.09. The lowest BCUT2D eigenvalue weighted by molar-refractivity contribution is 0.0919. The molecule has 7 nitrogen and oxygen atoms in total. The number of para-hydroxylation sites is 1. The van der Waals surface area contributed by atoms with Gasteiger partial charge in [0, 0.05) is 30.3 Å². The topological polar surface area (TPSA) is 84.8 Å². The van der Waals surface area contributed by atoms with Gasteiger partial charge in [-0.2, -0.15) is 10.2 Å². The van der Waals surface area contributed by atoms with Crippen LogP contribution < -0.4 is 10.1 Å². The van der Waals surface area contributed by atoms with Crippen molar-refractivity contribution in [2.45, 2.75) is 26.3 Å². The van der Waals surface area contributed by atoms with E-state index < -0.39 is 0 Å². The number of amides is 1. The highest BCUT2D eigenvalue weighted by Gasteiger charge is 2.24. The maximum absolute atomic E-state index is 12.7. The van der Waals surface area contributed by atoms with Crippen molar-refractivity contribution in [3.63, 3.8) is 0 Å². The van der Waals surface area contributed by atoms with Crippen LogP contribution in [0.3, 0.4) is 0 Å². The van der Waals surface area contributed by atoms with Gasteiger partial charge in [0.2, 0.25) is 0 Å². The van der Waals surface area contributed by atoms with Crippen molar-refractivity contribution in [3.8, 4) is 17.0 Å². The first-order valence-electron chi connectivity index (χ1n) is 8.63. The summed E-state index contributed by atoms with van der Waals surface area (Å²) in [6.45, 7) is 4.52. The maximum atomic E-state index is 12.7. The molecule has 0 bridgehead atoms. The molecule has 7 heteroatoms. The summed E-state index contributed by atoms with van der Waals surface area (Å²) in [4.78, 5) is 12.7. The van der Waals surface area contributed by atoms with Gasteiger partial charge in [-0.15, -0.1) is 0 Å². The van der Waals surface area contributed by atoms with E-state index in [1.54, 1.807) is 6.07 Å². The standard InChI is InChI=1S/C19H21N5O2/c1-11-18(12(2)24(3)23-11)15-10-16(22-21-15)19(25)20-14-8-9-26-17-7-5-4-6-13(14)17/h4-7,10,14H,8-9H2,1-3H3,(H,20,25)(H,21,22). The second-order valence-electron chi connectivity index (χ2n) is 6.54. The number of hydrogen-bond acceptors (Lipinski definition) is 4. The van der Waals surface area contributed by atoms with Crippen LogP contribution >= 0.6 is 0 Å². The number of fused-ring (bicyclic) bond motifs is 1. The van der Waals surface area contributed by atoms with Crippen molar-refractivity contribution in [1.82, 2.24) is 25.3 Å². The number of carbonyl (C=O) groups is 1. The molecular weight excluding hydrogens is 330 g/mol. The van der Waals surface area contributed by atoms with Crippen LogP contribution in [-0.4, -0.2) is 32.5 Å². The molecule has 0 radical (unpaired) electrons. The minimum absolute atomic E-state index is 0.0685. The number of benzene rings is 1. The second-order valence-corrected chi connectivity index (χ2v) is 6.54. The van der Waals surface area contributed by atoms with E-state index >= 15 is 0 Å². The summed E-state index contributed by atoms with van der Waals surface area (Å²) in [6.07, 6.45) is 0.741. The number of nitrogens with zero attached hydrogens (tertiary/aromatic N) is 3. The van der Waals surface area contributed by atoms with Gasteiger partial charge in [-0.25, -0.2) is 0 Å². The third kappa shape index (κ3) is 2.75. The lowest BCUT2D eigenvalue weighted by Crippen LogP contribution is -2.32. The average Bonchev–Trinajstić information content (AvgIpc) is 3.20. The predicted octanol–water partition coefficient (Wildman–Crippen LogP) is 2.68. The molecule has 0 fully saturated rings. The lowest BCUT2D eigenvalue weighted by Gasteiger charge is -2.26. The predicted molar refractivity (Wildman–Crippen MR) is 97.0 cm³/mol. The number of aromatic amines is 1. The summed E-state index contributed by atoms with van der Waals surface area (Å²) in [5, 5.41) is 14.7. The molecule has 0 aliphatic carbocycles. The fraction of sp³-hybridized carbons (Fsp3) is 0.316. The van der Waals surface area contributed by atoms with Gasteiger partial charge in [-0.3, -0.25) is 14.6 Å². The Morgan fingerprint density at radius 1 is 1.35 bits per heavy atom. The summed E-state index contributed by atoms with van der Waals surface area (Å²) in [7, 11) is 1.90. The van der Waals surface area contributed by atoms with Gasteiger partial charge in [-0.1, -0.05) is 18.2 Å². The highest BCUT2D eigenvalue weighted by atomic mass is 16.5. The molecule has 4 rings (SSSR count). The molecule has 1 aliphatic rings.